The van der Waals surface area contributed by atoms with Crippen LogP contribution in [0.1, 0.15) is 9.80 Å². The van der Waals surface area contributed by atoms with Gasteiger partial charge >= 0.3 is 6.18 Å². The van der Waals surface area contributed by atoms with Gasteiger partial charge in [0.1, 0.15) is 5.82 Å². The van der Waals surface area contributed by atoms with Crippen LogP contribution in [-0.4, -0.2) is 25.4 Å². The number of Topliss-reactive ketones (excluding diaryl/α,β-unsaturated/α-hetero) is 1. The number of hydrogen-bond donors (Lipinski definition) is 1. The van der Waals surface area contributed by atoms with Crippen LogP contribution < -0.4 is 5.14 Å². The van der Waals surface area contributed by atoms with E-state index in [0.29, 0.717) is 16.9 Å². The van der Waals surface area contributed by atoms with Crippen molar-refractivity contribution in [1.29, 1.82) is 0 Å². The second kappa shape index (κ2) is 7.08. The maximum atomic E-state index is 13.2. The Balaban J connectivity index is 2.17. The minimum atomic E-state index is -5.10. The summed E-state index contributed by atoms with van der Waals surface area (Å²) in [7, 11) is -3.96. The summed E-state index contributed by atoms with van der Waals surface area (Å²) in [5.41, 5.74) is 0.653. The number of thiazole rings is 1. The first kappa shape index (κ1) is 20.1. The Bertz CT molecular complexity index is 1140. The van der Waals surface area contributed by atoms with Crippen molar-refractivity contribution in [3.63, 3.8) is 0 Å². The van der Waals surface area contributed by atoms with E-state index in [9.17, 15) is 30.8 Å². The first-order valence-corrected chi connectivity index (χ1v) is 9.84. The molecule has 28 heavy (non-hydrogen) atoms. The molecule has 0 amide bonds. The molecule has 0 aliphatic rings. The molecule has 0 saturated heterocycles. The number of halogens is 4. The molecule has 0 fully saturated rings. The maximum Gasteiger partial charge on any atom is 0.457 e. The molecular weight excluding hydrogens is 420 g/mol. The molecule has 2 aromatic carbocycles. The van der Waals surface area contributed by atoms with E-state index >= 15 is 0 Å². The number of rotatable bonds is 4. The van der Waals surface area contributed by atoms with Crippen LogP contribution in [0.15, 0.2) is 53.4 Å². The maximum absolute atomic E-state index is 13.2. The van der Waals surface area contributed by atoms with Gasteiger partial charge in [-0.05, 0) is 29.8 Å². The Hall–Kier alpha value is -2.63. The van der Waals surface area contributed by atoms with Gasteiger partial charge in [-0.1, -0.05) is 24.3 Å². The molecule has 0 radical (unpaired) electrons. The Labute approximate surface area is 160 Å². The van der Waals surface area contributed by atoms with Gasteiger partial charge in [-0.2, -0.15) is 13.2 Å². The van der Waals surface area contributed by atoms with Crippen molar-refractivity contribution in [1.82, 2.24) is 4.98 Å². The molecule has 0 saturated carbocycles. The largest absolute Gasteiger partial charge is 0.457 e. The number of nitrogens with two attached hydrogens (primary N) is 1. The Morgan fingerprint density at radius 2 is 1.50 bits per heavy atom. The summed E-state index contributed by atoms with van der Waals surface area (Å²) >= 11 is 0.512. The molecule has 0 unspecified atom stereocenters. The normalized spacial score (nSPS) is 12.2. The summed E-state index contributed by atoms with van der Waals surface area (Å²) in [5, 5.41) is 4.25. The molecule has 0 atom stereocenters. The smallest absolute Gasteiger partial charge is 0.281 e. The first-order chi connectivity index (χ1) is 13.0. The number of hydrogen-bond acceptors (Lipinski definition) is 5. The molecular formula is C17H10F4N2O3S2. The van der Waals surface area contributed by atoms with Crippen molar-refractivity contribution in [2.45, 2.75) is 11.1 Å². The van der Waals surface area contributed by atoms with Crippen LogP contribution in [0.4, 0.5) is 17.6 Å². The molecule has 5 nitrogen and oxygen atoms in total. The highest BCUT2D eigenvalue weighted by Gasteiger charge is 2.42. The van der Waals surface area contributed by atoms with E-state index in [1.807, 2.05) is 0 Å². The lowest BCUT2D eigenvalue weighted by Crippen LogP contribution is -2.22. The lowest BCUT2D eigenvalue weighted by atomic mass is 10.1. The molecule has 0 aliphatic heterocycles. The van der Waals surface area contributed by atoms with Crippen LogP contribution >= 0.6 is 11.3 Å². The van der Waals surface area contributed by atoms with Crippen molar-refractivity contribution in [3.05, 3.63) is 59.4 Å². The number of ketones is 1. The number of primary sulfonamides is 1. The van der Waals surface area contributed by atoms with Crippen LogP contribution in [0.5, 0.6) is 0 Å². The van der Waals surface area contributed by atoms with Gasteiger partial charge in [-0.15, -0.1) is 11.3 Å². The van der Waals surface area contributed by atoms with Crippen molar-refractivity contribution in [3.8, 4) is 21.7 Å². The lowest BCUT2D eigenvalue weighted by Gasteiger charge is -2.04. The highest BCUT2D eigenvalue weighted by atomic mass is 32.2. The van der Waals surface area contributed by atoms with Crippen LogP contribution in [0.2, 0.25) is 0 Å². The Morgan fingerprint density at radius 3 is 2.00 bits per heavy atom. The van der Waals surface area contributed by atoms with Gasteiger partial charge in [0.2, 0.25) is 10.0 Å². The third-order valence-electron chi connectivity index (χ3n) is 3.64. The number of carbonyl (C=O) groups is 1. The Kier molecular flexibility index (Phi) is 5.08. The summed E-state index contributed by atoms with van der Waals surface area (Å²) < 4.78 is 74.3. The second-order valence-corrected chi connectivity index (χ2v) is 8.16. The van der Waals surface area contributed by atoms with E-state index in [2.05, 4.69) is 4.98 Å². The number of nitrogens with zero attached hydrogens (tertiary/aromatic N) is 1. The SMILES string of the molecule is NS(=O)(=O)c1ccc(-c2nc(C(=O)C(F)(F)F)sc2-c2ccc(F)cc2)cc1. The molecule has 1 heterocycles. The van der Waals surface area contributed by atoms with E-state index in [0.717, 1.165) is 12.1 Å². The van der Waals surface area contributed by atoms with E-state index < -0.39 is 32.8 Å². The predicted molar refractivity (Wildman–Crippen MR) is 94.7 cm³/mol. The predicted octanol–water partition coefficient (Wildman–Crippen LogP) is 4.01. The molecule has 2 N–H and O–H groups in total. The molecule has 11 heteroatoms. The van der Waals surface area contributed by atoms with Crippen molar-refractivity contribution in [2.24, 2.45) is 5.14 Å². The zero-order valence-corrected chi connectivity index (χ0v) is 15.3. The quantitative estimate of drug-likeness (QED) is 0.500. The van der Waals surface area contributed by atoms with E-state index in [1.165, 1.54) is 36.4 Å². The fraction of sp³-hybridized carbons (Fsp3) is 0.0588. The molecule has 1 aromatic heterocycles. The molecule has 0 bridgehead atoms. The second-order valence-electron chi connectivity index (χ2n) is 5.60. The molecule has 3 rings (SSSR count). The van der Waals surface area contributed by atoms with Gasteiger partial charge < -0.3 is 0 Å². The van der Waals surface area contributed by atoms with Gasteiger partial charge in [-0.25, -0.2) is 22.9 Å². The van der Waals surface area contributed by atoms with E-state index in [1.54, 1.807) is 0 Å². The van der Waals surface area contributed by atoms with Gasteiger partial charge in [0.25, 0.3) is 5.78 Å². The molecule has 146 valence electrons. The average molecular weight is 430 g/mol. The summed E-state index contributed by atoms with van der Waals surface area (Å²) in [6.45, 7) is 0. The van der Waals surface area contributed by atoms with Gasteiger partial charge in [0.15, 0.2) is 5.01 Å². The third-order valence-corrected chi connectivity index (χ3v) is 5.67. The van der Waals surface area contributed by atoms with Crippen molar-refractivity contribution >= 4 is 27.1 Å². The fourth-order valence-corrected chi connectivity index (χ4v) is 3.90. The van der Waals surface area contributed by atoms with Gasteiger partial charge in [-0.3, -0.25) is 4.79 Å². The summed E-state index contributed by atoms with van der Waals surface area (Å²) in [4.78, 5) is 15.4. The number of aromatic nitrogens is 1. The highest BCUT2D eigenvalue weighted by molar-refractivity contribution is 7.89. The highest BCUT2D eigenvalue weighted by Crippen LogP contribution is 2.39. The van der Waals surface area contributed by atoms with Gasteiger partial charge in [0, 0.05) is 5.56 Å². The van der Waals surface area contributed by atoms with Gasteiger partial charge in [0.05, 0.1) is 15.5 Å². The number of alkyl halides is 3. The standard InChI is InChI=1S/C17H10F4N2O3S2/c18-11-5-1-10(2-6-11)14-13(23-16(27-14)15(24)17(19,20)21)9-3-7-12(8-4-9)28(22,25)26/h1-8H,(H2,22,25,26). The fourth-order valence-electron chi connectivity index (χ4n) is 2.33. The zero-order chi connectivity index (χ0) is 20.7. The summed E-state index contributed by atoms with van der Waals surface area (Å²) in [6, 6.07) is 9.88. The van der Waals surface area contributed by atoms with Crippen molar-refractivity contribution < 1.29 is 30.8 Å². The van der Waals surface area contributed by atoms with Crippen LogP contribution in [0.25, 0.3) is 21.7 Å². The zero-order valence-electron chi connectivity index (χ0n) is 13.7. The number of sulfonamides is 1. The first-order valence-electron chi connectivity index (χ1n) is 7.48. The average Bonchev–Trinajstić information content (AvgIpc) is 3.05. The van der Waals surface area contributed by atoms with E-state index in [-0.39, 0.29) is 21.0 Å². The third kappa shape index (κ3) is 4.11. The Morgan fingerprint density at radius 1 is 0.964 bits per heavy atom. The van der Waals surface area contributed by atoms with E-state index in [4.69, 9.17) is 5.14 Å². The van der Waals surface area contributed by atoms with Crippen molar-refractivity contribution in [2.75, 3.05) is 0 Å². The number of carbonyl (C=O) groups excluding carboxylic acids is 1. The topological polar surface area (TPSA) is 90.1 Å². The van der Waals surface area contributed by atoms with Crippen LogP contribution in [0, 0.1) is 5.82 Å². The van der Waals surface area contributed by atoms with Crippen LogP contribution in [-0.2, 0) is 10.0 Å². The lowest BCUT2D eigenvalue weighted by molar-refractivity contribution is -0.0885. The monoisotopic (exact) mass is 430 g/mol. The molecule has 0 aliphatic carbocycles. The molecule has 3 aromatic rings. The minimum absolute atomic E-state index is 0.0326. The summed E-state index contributed by atoms with van der Waals surface area (Å²) in [6.07, 6.45) is -5.10. The molecule has 0 spiro atoms. The minimum Gasteiger partial charge on any atom is -0.281 e. The summed E-state index contributed by atoms with van der Waals surface area (Å²) in [5.74, 6) is -2.65. The number of benzene rings is 2. The van der Waals surface area contributed by atoms with Crippen LogP contribution in [0.3, 0.4) is 0 Å².